The monoisotopic (exact) mass is 315 g/mol. The molecule has 21 heavy (non-hydrogen) atoms. The summed E-state index contributed by atoms with van der Waals surface area (Å²) < 4.78 is 40.6. The normalized spacial score (nSPS) is 20.0. The number of rotatable bonds is 5. The molecule has 7 heteroatoms. The van der Waals surface area contributed by atoms with Crippen molar-refractivity contribution in [3.8, 4) is 0 Å². The van der Waals surface area contributed by atoms with Gasteiger partial charge >= 0.3 is 0 Å². The van der Waals surface area contributed by atoms with E-state index in [2.05, 4.69) is 16.5 Å². The van der Waals surface area contributed by atoms with E-state index in [4.69, 9.17) is 5.73 Å². The molecule has 0 aromatic heterocycles. The molecule has 3 N–H and O–H groups in total. The number of anilines is 1. The van der Waals surface area contributed by atoms with Gasteiger partial charge in [0.15, 0.2) is 0 Å². The van der Waals surface area contributed by atoms with Crippen LogP contribution in [0.3, 0.4) is 0 Å². The number of hydrogen-bond acceptors (Lipinski definition) is 4. The Bertz CT molecular complexity index is 596. The zero-order valence-corrected chi connectivity index (χ0v) is 13.2. The summed E-state index contributed by atoms with van der Waals surface area (Å²) in [5, 5.41) is 0. The third kappa shape index (κ3) is 3.72. The van der Waals surface area contributed by atoms with E-state index in [1.807, 2.05) is 0 Å². The van der Waals surface area contributed by atoms with Crippen LogP contribution < -0.4 is 10.5 Å². The lowest BCUT2D eigenvalue weighted by Crippen LogP contribution is -2.31. The Hall–Kier alpha value is -1.18. The first kappa shape index (κ1) is 16.2. The van der Waals surface area contributed by atoms with Gasteiger partial charge in [0, 0.05) is 24.3 Å². The van der Waals surface area contributed by atoms with Gasteiger partial charge in [0.2, 0.25) is 10.0 Å². The SMILES string of the molecule is CCN1CCC(CNS(=O)(=O)c2cc(N)c(C)c(F)c2)C1. The second-order valence-electron chi connectivity index (χ2n) is 5.52. The first-order chi connectivity index (χ1) is 9.83. The molecule has 2 rings (SSSR count). The van der Waals surface area contributed by atoms with E-state index in [0.717, 1.165) is 32.1 Å². The van der Waals surface area contributed by atoms with Gasteiger partial charge in [0.05, 0.1) is 4.90 Å². The zero-order chi connectivity index (χ0) is 15.6. The second-order valence-corrected chi connectivity index (χ2v) is 7.29. The third-order valence-corrected chi connectivity index (χ3v) is 5.45. The van der Waals surface area contributed by atoms with Gasteiger partial charge in [-0.05, 0) is 44.5 Å². The minimum absolute atomic E-state index is 0.117. The summed E-state index contributed by atoms with van der Waals surface area (Å²) in [6.45, 7) is 6.84. The molecule has 1 aliphatic rings. The molecule has 1 unspecified atom stereocenters. The topological polar surface area (TPSA) is 75.4 Å². The maximum Gasteiger partial charge on any atom is 0.240 e. The number of nitrogen functional groups attached to an aromatic ring is 1. The molecule has 1 heterocycles. The minimum Gasteiger partial charge on any atom is -0.398 e. The van der Waals surface area contributed by atoms with Gasteiger partial charge in [0.25, 0.3) is 0 Å². The van der Waals surface area contributed by atoms with Crippen LogP contribution in [-0.4, -0.2) is 39.5 Å². The van der Waals surface area contributed by atoms with Crippen molar-refractivity contribution >= 4 is 15.7 Å². The number of hydrogen-bond donors (Lipinski definition) is 2. The molecule has 1 aromatic carbocycles. The fourth-order valence-corrected chi connectivity index (χ4v) is 3.67. The Morgan fingerprint density at radius 3 is 2.76 bits per heavy atom. The summed E-state index contributed by atoms with van der Waals surface area (Å²) in [5.41, 5.74) is 6.05. The van der Waals surface area contributed by atoms with Gasteiger partial charge in [-0.25, -0.2) is 17.5 Å². The summed E-state index contributed by atoms with van der Waals surface area (Å²) in [6.07, 6.45) is 0.973. The van der Waals surface area contributed by atoms with Crippen LogP contribution in [0.1, 0.15) is 18.9 Å². The molecule has 1 atom stereocenters. The average molecular weight is 315 g/mol. The standard InChI is InChI=1S/C14H22FN3O2S/c1-3-18-5-4-11(9-18)8-17-21(19,20)12-6-13(15)10(2)14(16)7-12/h6-7,11,17H,3-5,8-9,16H2,1-2H3. The number of halogens is 1. The second kappa shape index (κ2) is 6.29. The van der Waals surface area contributed by atoms with Gasteiger partial charge in [-0.2, -0.15) is 0 Å². The van der Waals surface area contributed by atoms with Crippen molar-refractivity contribution in [1.82, 2.24) is 9.62 Å². The van der Waals surface area contributed by atoms with Crippen molar-refractivity contribution in [2.75, 3.05) is 31.9 Å². The van der Waals surface area contributed by atoms with E-state index in [1.54, 1.807) is 0 Å². The summed E-state index contributed by atoms with van der Waals surface area (Å²) in [4.78, 5) is 2.16. The zero-order valence-electron chi connectivity index (χ0n) is 12.4. The predicted molar refractivity (Wildman–Crippen MR) is 81.0 cm³/mol. The summed E-state index contributed by atoms with van der Waals surface area (Å²) in [7, 11) is -3.72. The Morgan fingerprint density at radius 2 is 2.19 bits per heavy atom. The fourth-order valence-electron chi connectivity index (χ4n) is 2.51. The molecule has 1 saturated heterocycles. The van der Waals surface area contributed by atoms with E-state index in [0.29, 0.717) is 12.5 Å². The van der Waals surface area contributed by atoms with Crippen LogP contribution in [0.15, 0.2) is 17.0 Å². The quantitative estimate of drug-likeness (QED) is 0.804. The lowest BCUT2D eigenvalue weighted by molar-refractivity contribution is 0.342. The molecular formula is C14H22FN3O2S. The van der Waals surface area contributed by atoms with Gasteiger partial charge in [-0.15, -0.1) is 0 Å². The van der Waals surface area contributed by atoms with E-state index in [-0.39, 0.29) is 16.1 Å². The molecule has 0 radical (unpaired) electrons. The highest BCUT2D eigenvalue weighted by atomic mass is 32.2. The first-order valence-corrected chi connectivity index (χ1v) is 8.59. The van der Waals surface area contributed by atoms with Crippen LogP contribution in [0.4, 0.5) is 10.1 Å². The molecule has 1 aliphatic heterocycles. The fraction of sp³-hybridized carbons (Fsp3) is 0.571. The minimum atomic E-state index is -3.72. The van der Waals surface area contributed by atoms with Crippen molar-refractivity contribution in [1.29, 1.82) is 0 Å². The van der Waals surface area contributed by atoms with E-state index in [1.165, 1.54) is 13.0 Å². The third-order valence-electron chi connectivity index (χ3n) is 4.05. The number of sulfonamides is 1. The van der Waals surface area contributed by atoms with Gasteiger partial charge in [-0.3, -0.25) is 0 Å². The molecule has 0 amide bonds. The number of likely N-dealkylation sites (tertiary alicyclic amines) is 1. The highest BCUT2D eigenvalue weighted by Gasteiger charge is 2.24. The van der Waals surface area contributed by atoms with Crippen LogP contribution >= 0.6 is 0 Å². The van der Waals surface area contributed by atoms with Crippen LogP contribution in [0.2, 0.25) is 0 Å². The number of nitrogens with one attached hydrogen (secondary N) is 1. The number of nitrogens with zero attached hydrogens (tertiary/aromatic N) is 1. The average Bonchev–Trinajstić information content (AvgIpc) is 2.90. The smallest absolute Gasteiger partial charge is 0.240 e. The highest BCUT2D eigenvalue weighted by Crippen LogP contribution is 2.21. The molecule has 1 fully saturated rings. The van der Waals surface area contributed by atoms with Crippen LogP contribution in [-0.2, 0) is 10.0 Å². The highest BCUT2D eigenvalue weighted by molar-refractivity contribution is 7.89. The van der Waals surface area contributed by atoms with Crippen molar-refractivity contribution in [3.63, 3.8) is 0 Å². The van der Waals surface area contributed by atoms with E-state index < -0.39 is 15.8 Å². The number of nitrogens with two attached hydrogens (primary N) is 1. The summed E-state index contributed by atoms with van der Waals surface area (Å²) >= 11 is 0. The maximum atomic E-state index is 13.6. The first-order valence-electron chi connectivity index (χ1n) is 7.11. The molecule has 0 saturated carbocycles. The van der Waals surface area contributed by atoms with Crippen molar-refractivity contribution in [3.05, 3.63) is 23.5 Å². The van der Waals surface area contributed by atoms with Gasteiger partial charge in [0.1, 0.15) is 5.82 Å². The molecule has 0 bridgehead atoms. The van der Waals surface area contributed by atoms with Crippen LogP contribution in [0.25, 0.3) is 0 Å². The van der Waals surface area contributed by atoms with Gasteiger partial charge < -0.3 is 10.6 Å². The van der Waals surface area contributed by atoms with Crippen molar-refractivity contribution < 1.29 is 12.8 Å². The number of benzene rings is 1. The van der Waals surface area contributed by atoms with Crippen LogP contribution in [0, 0.1) is 18.7 Å². The lowest BCUT2D eigenvalue weighted by atomic mass is 10.1. The molecule has 0 spiro atoms. The Labute approximate surface area is 125 Å². The van der Waals surface area contributed by atoms with Gasteiger partial charge in [-0.1, -0.05) is 6.92 Å². The maximum absolute atomic E-state index is 13.6. The molecule has 5 nitrogen and oxygen atoms in total. The molecule has 1 aromatic rings. The Morgan fingerprint density at radius 1 is 1.48 bits per heavy atom. The summed E-state index contributed by atoms with van der Waals surface area (Å²) in [5.74, 6) is -0.305. The molecular weight excluding hydrogens is 293 g/mol. The Balaban J connectivity index is 2.05. The molecule has 0 aliphatic carbocycles. The van der Waals surface area contributed by atoms with Crippen LogP contribution in [0.5, 0.6) is 0 Å². The van der Waals surface area contributed by atoms with E-state index in [9.17, 15) is 12.8 Å². The van der Waals surface area contributed by atoms with Crippen molar-refractivity contribution in [2.24, 2.45) is 5.92 Å². The lowest BCUT2D eigenvalue weighted by Gasteiger charge is -2.14. The predicted octanol–water partition coefficient (Wildman–Crippen LogP) is 1.34. The largest absolute Gasteiger partial charge is 0.398 e. The summed E-state index contributed by atoms with van der Waals surface area (Å²) in [6, 6.07) is 2.31. The Kier molecular flexibility index (Phi) is 4.85. The molecule has 118 valence electrons. The van der Waals surface area contributed by atoms with E-state index >= 15 is 0 Å². The van der Waals surface area contributed by atoms with Crippen molar-refractivity contribution in [2.45, 2.75) is 25.2 Å².